The van der Waals surface area contributed by atoms with Crippen molar-refractivity contribution in [3.63, 3.8) is 0 Å². The van der Waals surface area contributed by atoms with Crippen LogP contribution in [0.25, 0.3) is 0 Å². The molecule has 4 nitrogen and oxygen atoms in total. The maximum absolute atomic E-state index is 12.3. The first-order valence-electron chi connectivity index (χ1n) is 6.34. The van der Waals surface area contributed by atoms with Crippen LogP contribution in [0.3, 0.4) is 0 Å². The average molecular weight is 300 g/mol. The van der Waals surface area contributed by atoms with Crippen LogP contribution in [-0.2, 0) is 0 Å². The van der Waals surface area contributed by atoms with Gasteiger partial charge in [-0.25, -0.2) is 0 Å². The molecule has 0 aliphatic rings. The number of aryl methyl sites for hydroxylation is 1. The van der Waals surface area contributed by atoms with E-state index in [-0.39, 0.29) is 5.91 Å². The first-order valence-corrected chi connectivity index (χ1v) is 6.72. The largest absolute Gasteiger partial charge is 0.388 e. The number of halogens is 1. The van der Waals surface area contributed by atoms with E-state index in [1.165, 1.54) is 0 Å². The van der Waals surface area contributed by atoms with Crippen molar-refractivity contribution in [3.05, 3.63) is 58.1 Å². The van der Waals surface area contributed by atoms with Crippen LogP contribution in [0, 0.1) is 18.3 Å². The SMILES string of the molecule is CNc1ccc(C(=O)Nc2ccc(C#N)c(Cl)c2)c(C)c1. The van der Waals surface area contributed by atoms with Crippen LogP contribution >= 0.6 is 11.6 Å². The van der Waals surface area contributed by atoms with E-state index in [4.69, 9.17) is 16.9 Å². The van der Waals surface area contributed by atoms with E-state index in [1.807, 2.05) is 32.2 Å². The van der Waals surface area contributed by atoms with Crippen LogP contribution in [0.5, 0.6) is 0 Å². The lowest BCUT2D eigenvalue weighted by Gasteiger charge is -2.10. The molecule has 0 spiro atoms. The van der Waals surface area contributed by atoms with E-state index in [2.05, 4.69) is 10.6 Å². The van der Waals surface area contributed by atoms with Crippen molar-refractivity contribution in [1.82, 2.24) is 0 Å². The minimum Gasteiger partial charge on any atom is -0.388 e. The summed E-state index contributed by atoms with van der Waals surface area (Å²) < 4.78 is 0. The standard InChI is InChI=1S/C16H14ClN3O/c1-10-7-12(19-2)5-6-14(10)16(21)20-13-4-3-11(9-18)15(17)8-13/h3-8,19H,1-2H3,(H,20,21). The Hall–Kier alpha value is -2.51. The molecule has 5 heteroatoms. The average Bonchev–Trinajstić information content (AvgIpc) is 2.47. The van der Waals surface area contributed by atoms with Gasteiger partial charge in [0, 0.05) is 24.0 Å². The lowest BCUT2D eigenvalue weighted by atomic mass is 10.1. The molecule has 2 rings (SSSR count). The molecule has 2 N–H and O–H groups in total. The molecule has 0 heterocycles. The van der Waals surface area contributed by atoms with Gasteiger partial charge in [-0.05, 0) is 48.9 Å². The minimum atomic E-state index is -0.212. The van der Waals surface area contributed by atoms with Crippen LogP contribution in [-0.4, -0.2) is 13.0 Å². The van der Waals surface area contributed by atoms with E-state index < -0.39 is 0 Å². The summed E-state index contributed by atoms with van der Waals surface area (Å²) in [4.78, 5) is 12.3. The van der Waals surface area contributed by atoms with E-state index in [1.54, 1.807) is 24.3 Å². The van der Waals surface area contributed by atoms with Crippen LogP contribution in [0.1, 0.15) is 21.5 Å². The quantitative estimate of drug-likeness (QED) is 0.905. The normalized spacial score (nSPS) is 9.81. The molecule has 0 atom stereocenters. The Labute approximate surface area is 128 Å². The van der Waals surface area contributed by atoms with E-state index in [0.717, 1.165) is 11.3 Å². The molecule has 0 aliphatic heterocycles. The Bertz CT molecular complexity index is 735. The van der Waals surface area contributed by atoms with Crippen LogP contribution in [0.2, 0.25) is 5.02 Å². The van der Waals surface area contributed by atoms with Gasteiger partial charge < -0.3 is 10.6 Å². The van der Waals surface area contributed by atoms with Crippen LogP contribution in [0.15, 0.2) is 36.4 Å². The monoisotopic (exact) mass is 299 g/mol. The van der Waals surface area contributed by atoms with Crippen molar-refractivity contribution in [1.29, 1.82) is 5.26 Å². The van der Waals surface area contributed by atoms with Gasteiger partial charge >= 0.3 is 0 Å². The van der Waals surface area contributed by atoms with Gasteiger partial charge in [0.2, 0.25) is 0 Å². The summed E-state index contributed by atoms with van der Waals surface area (Å²) in [6.07, 6.45) is 0. The number of nitrogens with zero attached hydrogens (tertiary/aromatic N) is 1. The topological polar surface area (TPSA) is 64.9 Å². The molecular weight excluding hydrogens is 286 g/mol. The van der Waals surface area contributed by atoms with Gasteiger partial charge in [-0.1, -0.05) is 11.6 Å². The van der Waals surface area contributed by atoms with Crippen LogP contribution < -0.4 is 10.6 Å². The number of rotatable bonds is 3. The third-order valence-corrected chi connectivity index (χ3v) is 3.42. The minimum absolute atomic E-state index is 0.212. The molecule has 106 valence electrons. The third-order valence-electron chi connectivity index (χ3n) is 3.11. The first-order chi connectivity index (χ1) is 10.0. The highest BCUT2D eigenvalue weighted by Crippen LogP contribution is 2.21. The second-order valence-corrected chi connectivity index (χ2v) is 4.95. The summed E-state index contributed by atoms with van der Waals surface area (Å²) in [5.74, 6) is -0.212. The highest BCUT2D eigenvalue weighted by molar-refractivity contribution is 6.32. The molecule has 0 aliphatic carbocycles. The molecule has 0 saturated carbocycles. The zero-order valence-corrected chi connectivity index (χ0v) is 12.5. The molecule has 2 aromatic carbocycles. The van der Waals surface area contributed by atoms with Crippen molar-refractivity contribution in [2.24, 2.45) is 0 Å². The maximum Gasteiger partial charge on any atom is 0.255 e. The molecule has 0 unspecified atom stereocenters. The second kappa shape index (κ2) is 6.29. The fourth-order valence-electron chi connectivity index (χ4n) is 1.96. The number of hydrogen-bond acceptors (Lipinski definition) is 3. The molecule has 0 radical (unpaired) electrons. The Balaban J connectivity index is 2.22. The molecule has 1 amide bonds. The highest BCUT2D eigenvalue weighted by Gasteiger charge is 2.10. The van der Waals surface area contributed by atoms with Crippen molar-refractivity contribution in [2.45, 2.75) is 6.92 Å². The third kappa shape index (κ3) is 3.33. The molecule has 0 bridgehead atoms. The number of nitrogens with one attached hydrogen (secondary N) is 2. The Kier molecular flexibility index (Phi) is 4.46. The van der Waals surface area contributed by atoms with Crippen molar-refractivity contribution in [3.8, 4) is 6.07 Å². The predicted molar refractivity (Wildman–Crippen MR) is 84.8 cm³/mol. The summed E-state index contributed by atoms with van der Waals surface area (Å²) in [7, 11) is 1.83. The Morgan fingerprint density at radius 2 is 1.90 bits per heavy atom. The summed E-state index contributed by atoms with van der Waals surface area (Å²) in [5.41, 5.74) is 3.35. The van der Waals surface area contributed by atoms with E-state index in [0.29, 0.717) is 21.8 Å². The molecule has 0 aromatic heterocycles. The number of hydrogen-bond donors (Lipinski definition) is 2. The van der Waals surface area contributed by atoms with Crippen molar-refractivity contribution < 1.29 is 4.79 Å². The molecular formula is C16H14ClN3O. The predicted octanol–water partition coefficient (Wildman–Crippen LogP) is 3.81. The van der Waals surface area contributed by atoms with Gasteiger partial charge in [0.25, 0.3) is 5.91 Å². The molecule has 2 aromatic rings. The summed E-state index contributed by atoms with van der Waals surface area (Å²) in [5, 5.41) is 14.9. The van der Waals surface area contributed by atoms with Gasteiger partial charge in [0.1, 0.15) is 6.07 Å². The highest BCUT2D eigenvalue weighted by atomic mass is 35.5. The fourth-order valence-corrected chi connectivity index (χ4v) is 2.18. The number of amides is 1. The number of anilines is 2. The van der Waals surface area contributed by atoms with Gasteiger partial charge in [-0.3, -0.25) is 4.79 Å². The smallest absolute Gasteiger partial charge is 0.255 e. The Morgan fingerprint density at radius 3 is 2.48 bits per heavy atom. The first kappa shape index (κ1) is 14.9. The lowest BCUT2D eigenvalue weighted by Crippen LogP contribution is -2.13. The van der Waals surface area contributed by atoms with Crippen LogP contribution in [0.4, 0.5) is 11.4 Å². The van der Waals surface area contributed by atoms with Gasteiger partial charge in [-0.2, -0.15) is 5.26 Å². The zero-order valence-electron chi connectivity index (χ0n) is 11.7. The summed E-state index contributed by atoms with van der Waals surface area (Å²) in [6.45, 7) is 1.88. The second-order valence-electron chi connectivity index (χ2n) is 4.54. The van der Waals surface area contributed by atoms with Gasteiger partial charge in [0.15, 0.2) is 0 Å². The molecule has 0 saturated heterocycles. The number of carbonyl (C=O) groups is 1. The van der Waals surface area contributed by atoms with Crippen molar-refractivity contribution in [2.75, 3.05) is 17.7 Å². The number of nitriles is 1. The van der Waals surface area contributed by atoms with E-state index in [9.17, 15) is 4.79 Å². The van der Waals surface area contributed by atoms with Gasteiger partial charge in [0.05, 0.1) is 10.6 Å². The lowest BCUT2D eigenvalue weighted by molar-refractivity contribution is 0.102. The molecule has 21 heavy (non-hydrogen) atoms. The summed E-state index contributed by atoms with van der Waals surface area (Å²) >= 11 is 5.95. The zero-order chi connectivity index (χ0) is 15.4. The van der Waals surface area contributed by atoms with Gasteiger partial charge in [-0.15, -0.1) is 0 Å². The number of carbonyl (C=O) groups excluding carboxylic acids is 1. The summed E-state index contributed by atoms with van der Waals surface area (Å²) in [6, 6.07) is 12.3. The maximum atomic E-state index is 12.3. The Morgan fingerprint density at radius 1 is 1.19 bits per heavy atom. The fraction of sp³-hybridized carbons (Fsp3) is 0.125. The van der Waals surface area contributed by atoms with E-state index >= 15 is 0 Å². The number of benzene rings is 2. The van der Waals surface area contributed by atoms with Crippen molar-refractivity contribution >= 4 is 28.9 Å². The molecule has 0 fully saturated rings.